The van der Waals surface area contributed by atoms with Crippen molar-refractivity contribution in [1.29, 1.82) is 5.26 Å². The first-order valence-corrected chi connectivity index (χ1v) is 9.07. The Morgan fingerprint density at radius 1 is 1.22 bits per heavy atom. The first kappa shape index (κ1) is 17.7. The van der Waals surface area contributed by atoms with Gasteiger partial charge in [-0.25, -0.2) is 0 Å². The number of rotatable bonds is 7. The number of hydrogen-bond donors (Lipinski definition) is 0. The van der Waals surface area contributed by atoms with Crippen molar-refractivity contribution in [2.45, 2.75) is 70.6 Å². The Kier molecular flexibility index (Phi) is 7.33. The number of hydrogen-bond acceptors (Lipinski definition) is 1. The molecule has 0 radical (unpaired) electrons. The molecule has 1 aliphatic carbocycles. The summed E-state index contributed by atoms with van der Waals surface area (Å²) in [7, 11) is 0. The van der Waals surface area contributed by atoms with Gasteiger partial charge >= 0.3 is 0 Å². The molecule has 0 heterocycles. The van der Waals surface area contributed by atoms with Crippen LogP contribution in [0.25, 0.3) is 0 Å². The molecule has 1 aromatic carbocycles. The number of aryl methyl sites for hydroxylation is 1. The lowest BCUT2D eigenvalue weighted by atomic mass is 9.77. The highest BCUT2D eigenvalue weighted by atomic mass is 19.1. The van der Waals surface area contributed by atoms with Crippen molar-refractivity contribution >= 4 is 0 Å². The van der Waals surface area contributed by atoms with E-state index in [-0.39, 0.29) is 0 Å². The Balaban J connectivity index is 1.77. The molecule has 0 atom stereocenters. The lowest BCUT2D eigenvalue weighted by Crippen LogP contribution is -2.13. The minimum atomic E-state index is -0.637. The fraction of sp³-hybridized carbons (Fsp3) is 0.571. The van der Waals surface area contributed by atoms with Crippen molar-refractivity contribution in [2.75, 3.05) is 0 Å². The molecular weight excluding hydrogens is 285 g/mol. The number of unbranched alkanes of at least 4 members (excludes halogenated alkanes) is 1. The number of halogens is 1. The van der Waals surface area contributed by atoms with Crippen LogP contribution in [0.4, 0.5) is 4.39 Å². The van der Waals surface area contributed by atoms with E-state index in [2.05, 4.69) is 31.2 Å². The van der Waals surface area contributed by atoms with E-state index in [0.717, 1.165) is 6.42 Å². The van der Waals surface area contributed by atoms with E-state index >= 15 is 0 Å². The fourth-order valence-electron chi connectivity index (χ4n) is 3.61. The molecular formula is C21H28FN. The highest BCUT2D eigenvalue weighted by molar-refractivity contribution is 5.26. The minimum Gasteiger partial charge on any atom is -0.195 e. The van der Waals surface area contributed by atoms with E-state index in [4.69, 9.17) is 5.26 Å². The smallest absolute Gasteiger partial charge is 0.195 e. The predicted molar refractivity (Wildman–Crippen MR) is 93.8 cm³/mol. The Morgan fingerprint density at radius 2 is 1.91 bits per heavy atom. The summed E-state index contributed by atoms with van der Waals surface area (Å²) in [6, 6.07) is 10.8. The third-order valence-corrected chi connectivity index (χ3v) is 5.12. The third kappa shape index (κ3) is 5.82. The van der Waals surface area contributed by atoms with Crippen molar-refractivity contribution in [3.8, 4) is 6.07 Å². The molecule has 1 saturated carbocycles. The van der Waals surface area contributed by atoms with Crippen LogP contribution in [-0.2, 0) is 6.42 Å². The Bertz CT molecular complexity index is 530. The van der Waals surface area contributed by atoms with Crippen LogP contribution in [0, 0.1) is 17.2 Å². The van der Waals surface area contributed by atoms with Crippen molar-refractivity contribution in [3.05, 3.63) is 47.3 Å². The maximum Gasteiger partial charge on any atom is 0.196 e. The second kappa shape index (κ2) is 9.50. The molecule has 1 nitrogen and oxygen atoms in total. The summed E-state index contributed by atoms with van der Waals surface area (Å²) in [5.41, 5.74) is 2.94. The van der Waals surface area contributed by atoms with Gasteiger partial charge in [-0.3, -0.25) is 0 Å². The van der Waals surface area contributed by atoms with Crippen LogP contribution in [0.15, 0.2) is 36.2 Å². The first-order chi connectivity index (χ1) is 11.2. The average molecular weight is 313 g/mol. The van der Waals surface area contributed by atoms with Crippen molar-refractivity contribution < 1.29 is 4.39 Å². The van der Waals surface area contributed by atoms with E-state index in [1.807, 2.05) is 0 Å². The largest absolute Gasteiger partial charge is 0.196 e. The van der Waals surface area contributed by atoms with Crippen LogP contribution in [0.3, 0.4) is 0 Å². The molecule has 0 unspecified atom stereocenters. The highest BCUT2D eigenvalue weighted by Crippen LogP contribution is 2.37. The quantitative estimate of drug-likeness (QED) is 0.530. The first-order valence-electron chi connectivity index (χ1n) is 9.07. The number of nitrogens with zero attached hydrogens (tertiary/aromatic N) is 1. The second-order valence-electron chi connectivity index (χ2n) is 6.80. The van der Waals surface area contributed by atoms with Gasteiger partial charge in [0.1, 0.15) is 6.07 Å². The summed E-state index contributed by atoms with van der Waals surface area (Å²) in [6.45, 7) is 2.23. The van der Waals surface area contributed by atoms with Crippen LogP contribution in [-0.4, -0.2) is 0 Å². The van der Waals surface area contributed by atoms with Crippen LogP contribution >= 0.6 is 0 Å². The maximum absolute atomic E-state index is 12.8. The zero-order chi connectivity index (χ0) is 16.5. The second-order valence-corrected chi connectivity index (χ2v) is 6.80. The van der Waals surface area contributed by atoms with Crippen molar-refractivity contribution in [2.24, 2.45) is 5.92 Å². The van der Waals surface area contributed by atoms with E-state index in [0.29, 0.717) is 18.3 Å². The monoisotopic (exact) mass is 313 g/mol. The molecule has 124 valence electrons. The van der Waals surface area contributed by atoms with Gasteiger partial charge in [0.15, 0.2) is 5.83 Å². The SMILES string of the molecule is CCCCc1ccc(C2CCC(CCC=C(F)C#N)CC2)cc1. The number of nitriles is 1. The fourth-order valence-corrected chi connectivity index (χ4v) is 3.61. The third-order valence-electron chi connectivity index (χ3n) is 5.12. The van der Waals surface area contributed by atoms with Crippen molar-refractivity contribution in [1.82, 2.24) is 0 Å². The van der Waals surface area contributed by atoms with E-state index in [1.165, 1.54) is 62.1 Å². The van der Waals surface area contributed by atoms with Gasteiger partial charge in [-0.2, -0.15) is 9.65 Å². The molecule has 0 N–H and O–H groups in total. The van der Waals surface area contributed by atoms with E-state index < -0.39 is 5.83 Å². The Labute approximate surface area is 140 Å². The van der Waals surface area contributed by atoms with Crippen LogP contribution in [0.5, 0.6) is 0 Å². The topological polar surface area (TPSA) is 23.8 Å². The van der Waals surface area contributed by atoms with Crippen LogP contribution < -0.4 is 0 Å². The summed E-state index contributed by atoms with van der Waals surface area (Å²) >= 11 is 0. The molecule has 1 aromatic rings. The summed E-state index contributed by atoms with van der Waals surface area (Å²) in [5, 5.41) is 8.41. The molecule has 1 fully saturated rings. The summed E-state index contributed by atoms with van der Waals surface area (Å²) in [6.07, 6.45) is 11.8. The van der Waals surface area contributed by atoms with Crippen LogP contribution in [0.2, 0.25) is 0 Å². The van der Waals surface area contributed by atoms with E-state index in [9.17, 15) is 4.39 Å². The molecule has 0 spiro atoms. The van der Waals surface area contributed by atoms with Gasteiger partial charge in [0, 0.05) is 0 Å². The van der Waals surface area contributed by atoms with Gasteiger partial charge in [-0.15, -0.1) is 0 Å². The average Bonchev–Trinajstić information content (AvgIpc) is 2.61. The number of allylic oxidation sites excluding steroid dienone is 2. The molecule has 0 amide bonds. The van der Waals surface area contributed by atoms with Gasteiger partial charge in [-0.05, 0) is 80.4 Å². The molecule has 1 aliphatic rings. The number of benzene rings is 1. The molecule has 0 aromatic heterocycles. The summed E-state index contributed by atoms with van der Waals surface area (Å²) < 4.78 is 12.8. The maximum atomic E-state index is 12.8. The van der Waals surface area contributed by atoms with Gasteiger partial charge in [-0.1, -0.05) is 37.6 Å². The molecule has 0 aliphatic heterocycles. The van der Waals surface area contributed by atoms with Gasteiger partial charge < -0.3 is 0 Å². The molecule has 23 heavy (non-hydrogen) atoms. The van der Waals surface area contributed by atoms with E-state index in [1.54, 1.807) is 6.07 Å². The minimum absolute atomic E-state index is 0.637. The highest BCUT2D eigenvalue weighted by Gasteiger charge is 2.21. The zero-order valence-electron chi connectivity index (χ0n) is 14.2. The summed E-state index contributed by atoms with van der Waals surface area (Å²) in [5.74, 6) is 0.748. The lowest BCUT2D eigenvalue weighted by Gasteiger charge is -2.28. The molecule has 2 heteroatoms. The van der Waals surface area contributed by atoms with Crippen molar-refractivity contribution in [3.63, 3.8) is 0 Å². The Morgan fingerprint density at radius 3 is 2.52 bits per heavy atom. The van der Waals surface area contributed by atoms with Gasteiger partial charge in [0.25, 0.3) is 0 Å². The molecule has 2 rings (SSSR count). The zero-order valence-corrected chi connectivity index (χ0v) is 14.2. The summed E-state index contributed by atoms with van der Waals surface area (Å²) in [4.78, 5) is 0. The Hall–Kier alpha value is -1.62. The molecule has 0 bridgehead atoms. The standard InChI is InChI=1S/C21H28FN/c1-2-3-5-17-8-12-19(13-9-17)20-14-10-18(11-15-20)6-4-7-21(22)16-23/h7-9,12-13,18,20H,2-6,10-11,14-15H2,1H3. The van der Waals surface area contributed by atoms with Gasteiger partial charge in [0.05, 0.1) is 0 Å². The molecule has 0 saturated heterocycles. The van der Waals surface area contributed by atoms with Crippen LogP contribution in [0.1, 0.15) is 75.3 Å². The normalized spacial score (nSPS) is 21.9. The predicted octanol–water partition coefficient (Wildman–Crippen LogP) is 6.46. The lowest BCUT2D eigenvalue weighted by molar-refractivity contribution is 0.311. The van der Waals surface area contributed by atoms with Gasteiger partial charge in [0.2, 0.25) is 0 Å².